The van der Waals surface area contributed by atoms with Gasteiger partial charge in [0.15, 0.2) is 6.10 Å². The van der Waals surface area contributed by atoms with E-state index in [1.807, 2.05) is 12.1 Å². The molecule has 1 fully saturated rings. The number of allylic oxidation sites excluding steroid dienone is 2. The first kappa shape index (κ1) is 12.7. The lowest BCUT2D eigenvalue weighted by molar-refractivity contribution is 0.1000. The van der Waals surface area contributed by atoms with Crippen molar-refractivity contribution in [2.24, 2.45) is 0 Å². The van der Waals surface area contributed by atoms with Gasteiger partial charge in [0, 0.05) is 17.2 Å². The van der Waals surface area contributed by atoms with E-state index in [2.05, 4.69) is 17.5 Å². The summed E-state index contributed by atoms with van der Waals surface area (Å²) in [6, 6.07) is 4.55. The topological polar surface area (TPSA) is 50.7 Å². The largest absolute Gasteiger partial charge is 0.497 e. The number of aliphatic hydroxyl groups is 1. The molecule has 0 amide bonds. The molecule has 3 atom stereocenters. The Hall–Kier alpha value is -1.78. The molecular formula is C18H19NO3. The van der Waals surface area contributed by atoms with E-state index in [-0.39, 0.29) is 18.1 Å². The summed E-state index contributed by atoms with van der Waals surface area (Å²) in [5.41, 5.74) is 4.85. The van der Waals surface area contributed by atoms with Gasteiger partial charge in [-0.25, -0.2) is 0 Å². The van der Waals surface area contributed by atoms with E-state index in [4.69, 9.17) is 9.47 Å². The van der Waals surface area contributed by atoms with E-state index >= 15 is 0 Å². The SMILES string of the molecule is COC1=CC=C2[C@H]3Cc4ccc(CO)c5c4[C@@]2(CCN3)C1O5. The normalized spacial score (nSPS) is 33.5. The maximum Gasteiger partial charge on any atom is 0.169 e. The maximum absolute atomic E-state index is 9.70. The highest BCUT2D eigenvalue weighted by Crippen LogP contribution is 2.60. The highest BCUT2D eigenvalue weighted by molar-refractivity contribution is 5.65. The molecule has 1 spiro atoms. The number of ether oxygens (including phenoxy) is 2. The summed E-state index contributed by atoms with van der Waals surface area (Å²) in [6.45, 7) is 0.999. The van der Waals surface area contributed by atoms with Crippen molar-refractivity contribution in [3.05, 3.63) is 52.3 Å². The van der Waals surface area contributed by atoms with Gasteiger partial charge in [-0.2, -0.15) is 0 Å². The Kier molecular flexibility index (Phi) is 2.40. The lowest BCUT2D eigenvalue weighted by Crippen LogP contribution is -2.58. The van der Waals surface area contributed by atoms with Crippen molar-refractivity contribution in [1.82, 2.24) is 5.32 Å². The molecule has 22 heavy (non-hydrogen) atoms. The minimum absolute atomic E-state index is 0.0121. The summed E-state index contributed by atoms with van der Waals surface area (Å²) in [5.74, 6) is 1.78. The second-order valence-corrected chi connectivity index (χ2v) is 6.57. The van der Waals surface area contributed by atoms with Gasteiger partial charge < -0.3 is 19.9 Å². The third-order valence-electron chi connectivity index (χ3n) is 5.77. The summed E-state index contributed by atoms with van der Waals surface area (Å²) in [4.78, 5) is 0. The van der Waals surface area contributed by atoms with Crippen LogP contribution in [-0.4, -0.2) is 30.9 Å². The van der Waals surface area contributed by atoms with Gasteiger partial charge in [0.2, 0.25) is 0 Å². The van der Waals surface area contributed by atoms with E-state index in [0.29, 0.717) is 6.04 Å². The van der Waals surface area contributed by atoms with Crippen molar-refractivity contribution < 1.29 is 14.6 Å². The second kappa shape index (κ2) is 4.15. The molecule has 0 saturated carbocycles. The number of methoxy groups -OCH3 is 1. The van der Waals surface area contributed by atoms with Gasteiger partial charge in [-0.15, -0.1) is 0 Å². The number of aliphatic hydroxyl groups excluding tert-OH is 1. The van der Waals surface area contributed by atoms with Crippen LogP contribution in [0.4, 0.5) is 0 Å². The summed E-state index contributed by atoms with van der Waals surface area (Å²) in [6.07, 6.45) is 6.18. The molecule has 1 saturated heterocycles. The standard InChI is InChI=1S/C18H19NO3/c1-21-14-5-4-12-13-8-10-2-3-11(9-20)16-15(10)18(12,6-7-19-13)17(14)22-16/h2-5,13,17,19-20H,6-9H2,1H3/t13-,17?,18+/m1/s1. The highest BCUT2D eigenvalue weighted by Gasteiger charge is 2.60. The van der Waals surface area contributed by atoms with Crippen LogP contribution in [0, 0.1) is 0 Å². The summed E-state index contributed by atoms with van der Waals surface area (Å²) in [7, 11) is 1.71. The second-order valence-electron chi connectivity index (χ2n) is 6.57. The van der Waals surface area contributed by atoms with Crippen molar-refractivity contribution in [3.8, 4) is 5.75 Å². The Balaban J connectivity index is 1.85. The van der Waals surface area contributed by atoms with E-state index in [1.54, 1.807) is 7.11 Å². The molecule has 4 nitrogen and oxygen atoms in total. The van der Waals surface area contributed by atoms with Gasteiger partial charge in [0.05, 0.1) is 19.1 Å². The molecule has 2 heterocycles. The van der Waals surface area contributed by atoms with Crippen LogP contribution >= 0.6 is 0 Å². The Morgan fingerprint density at radius 3 is 3.14 bits per heavy atom. The highest BCUT2D eigenvalue weighted by atomic mass is 16.5. The molecule has 4 heteroatoms. The molecule has 0 aromatic heterocycles. The fourth-order valence-electron chi connectivity index (χ4n) is 4.90. The predicted octanol–water partition coefficient (Wildman–Crippen LogP) is 1.57. The first-order valence-electron chi connectivity index (χ1n) is 7.92. The van der Waals surface area contributed by atoms with Crippen molar-refractivity contribution in [2.45, 2.75) is 37.0 Å². The van der Waals surface area contributed by atoms with E-state index in [1.165, 1.54) is 16.7 Å². The molecule has 1 unspecified atom stereocenters. The van der Waals surface area contributed by atoms with Crippen molar-refractivity contribution >= 4 is 0 Å². The average molecular weight is 297 g/mol. The van der Waals surface area contributed by atoms with Crippen LogP contribution in [0.25, 0.3) is 0 Å². The van der Waals surface area contributed by atoms with Crippen LogP contribution in [0.3, 0.4) is 0 Å². The number of nitrogens with one attached hydrogen (secondary N) is 1. The maximum atomic E-state index is 9.70. The quantitative estimate of drug-likeness (QED) is 0.870. The van der Waals surface area contributed by atoms with Gasteiger partial charge in [-0.05, 0) is 36.6 Å². The zero-order valence-corrected chi connectivity index (χ0v) is 12.6. The van der Waals surface area contributed by atoms with Crippen LogP contribution in [0.15, 0.2) is 35.6 Å². The zero-order valence-electron chi connectivity index (χ0n) is 12.6. The summed E-state index contributed by atoms with van der Waals surface area (Å²) in [5, 5.41) is 13.4. The lowest BCUT2D eigenvalue weighted by atomic mass is 9.57. The molecule has 2 aliphatic heterocycles. The lowest BCUT2D eigenvalue weighted by Gasteiger charge is -2.49. The molecule has 1 aromatic rings. The van der Waals surface area contributed by atoms with E-state index < -0.39 is 0 Å². The summed E-state index contributed by atoms with van der Waals surface area (Å²) >= 11 is 0. The molecule has 4 aliphatic rings. The van der Waals surface area contributed by atoms with Gasteiger partial charge in [-0.1, -0.05) is 18.2 Å². The van der Waals surface area contributed by atoms with Gasteiger partial charge in [0.25, 0.3) is 0 Å². The van der Waals surface area contributed by atoms with E-state index in [0.717, 1.165) is 36.5 Å². The van der Waals surface area contributed by atoms with Crippen molar-refractivity contribution in [1.29, 1.82) is 0 Å². The van der Waals surface area contributed by atoms with Gasteiger partial charge in [0.1, 0.15) is 11.5 Å². The molecule has 2 N–H and O–H groups in total. The molecule has 2 bridgehead atoms. The molecule has 5 rings (SSSR count). The van der Waals surface area contributed by atoms with Crippen molar-refractivity contribution in [3.63, 3.8) is 0 Å². The monoisotopic (exact) mass is 297 g/mol. The molecule has 0 radical (unpaired) electrons. The third-order valence-corrected chi connectivity index (χ3v) is 5.77. The van der Waals surface area contributed by atoms with Crippen LogP contribution in [0.5, 0.6) is 5.75 Å². The van der Waals surface area contributed by atoms with Gasteiger partial charge >= 0.3 is 0 Å². The molecular weight excluding hydrogens is 278 g/mol. The number of hydrogen-bond donors (Lipinski definition) is 2. The molecule has 2 aliphatic carbocycles. The van der Waals surface area contributed by atoms with Gasteiger partial charge in [-0.3, -0.25) is 0 Å². The minimum Gasteiger partial charge on any atom is -0.497 e. The molecule has 1 aromatic carbocycles. The first-order valence-corrected chi connectivity index (χ1v) is 7.92. The van der Waals surface area contributed by atoms with E-state index in [9.17, 15) is 5.11 Å². The first-order chi connectivity index (χ1) is 10.8. The van der Waals surface area contributed by atoms with Crippen LogP contribution in [0.1, 0.15) is 23.1 Å². The average Bonchev–Trinajstić information content (AvgIpc) is 2.88. The zero-order chi connectivity index (χ0) is 14.9. The van der Waals surface area contributed by atoms with Crippen LogP contribution < -0.4 is 10.1 Å². The summed E-state index contributed by atoms with van der Waals surface area (Å²) < 4.78 is 12.0. The van der Waals surface area contributed by atoms with Crippen LogP contribution in [-0.2, 0) is 23.2 Å². The smallest absolute Gasteiger partial charge is 0.169 e. The Labute approximate surface area is 129 Å². The Bertz CT molecular complexity index is 736. The van der Waals surface area contributed by atoms with Crippen molar-refractivity contribution in [2.75, 3.05) is 13.7 Å². The third kappa shape index (κ3) is 1.27. The number of rotatable bonds is 2. The Morgan fingerprint density at radius 2 is 2.32 bits per heavy atom. The van der Waals surface area contributed by atoms with Crippen LogP contribution in [0.2, 0.25) is 0 Å². The molecule has 114 valence electrons. The fraction of sp³-hybridized carbons (Fsp3) is 0.444. The minimum atomic E-state index is -0.107. The predicted molar refractivity (Wildman–Crippen MR) is 81.7 cm³/mol. The number of piperidine rings is 1. The number of hydrogen-bond acceptors (Lipinski definition) is 4. The Morgan fingerprint density at radius 1 is 1.41 bits per heavy atom. The fourth-order valence-corrected chi connectivity index (χ4v) is 4.90. The number of benzene rings is 1.